The molecule has 0 heterocycles. The molecule has 1 atom stereocenters. The van der Waals surface area contributed by atoms with Crippen LogP contribution < -0.4 is 0 Å². The predicted octanol–water partition coefficient (Wildman–Crippen LogP) is 2.10. The van der Waals surface area contributed by atoms with Gasteiger partial charge in [0.1, 0.15) is 0 Å². The molecule has 0 aliphatic heterocycles. The fraction of sp³-hybridized carbons (Fsp3) is 0.875. The molecule has 0 aromatic rings. The normalized spacial score (nSPS) is 13.8. The number of rotatable bonds is 4. The van der Waals surface area contributed by atoms with Crippen LogP contribution in [-0.2, 0) is 0 Å². The zero-order valence-electron chi connectivity index (χ0n) is 6.85. The molecule has 0 aromatic carbocycles. The molecule has 0 radical (unpaired) electrons. The lowest BCUT2D eigenvalue weighted by molar-refractivity contribution is 0.548. The third-order valence-electron chi connectivity index (χ3n) is 1.78. The van der Waals surface area contributed by atoms with Crippen molar-refractivity contribution in [2.45, 2.75) is 39.2 Å². The van der Waals surface area contributed by atoms with E-state index in [1.165, 1.54) is 12.8 Å². The fourth-order valence-electron chi connectivity index (χ4n) is 1.06. The summed E-state index contributed by atoms with van der Waals surface area (Å²) in [6, 6.07) is 0. The average molecular weight is 142 g/mol. The minimum Gasteiger partial charge on any atom is -0.121 e. The molecule has 1 heteroatoms. The van der Waals surface area contributed by atoms with Gasteiger partial charge < -0.3 is 0 Å². The second-order valence-corrected chi connectivity index (χ2v) is 4.26. The first kappa shape index (κ1) is 9.09. The van der Waals surface area contributed by atoms with Gasteiger partial charge in [0.2, 0.25) is 0 Å². The van der Waals surface area contributed by atoms with Gasteiger partial charge >= 0.3 is 0 Å². The lowest BCUT2D eigenvalue weighted by Gasteiger charge is -2.14. The molecule has 0 bridgehead atoms. The standard InChI is InChI=1S/C8H18Si/c1-5-6-8(9-4)7(2)3/h7-9H,4-6H2,1-3H3. The summed E-state index contributed by atoms with van der Waals surface area (Å²) in [5.74, 6) is 0.859. The van der Waals surface area contributed by atoms with Crippen molar-refractivity contribution in [1.29, 1.82) is 0 Å². The van der Waals surface area contributed by atoms with Crippen molar-refractivity contribution in [3.63, 3.8) is 0 Å². The van der Waals surface area contributed by atoms with E-state index in [9.17, 15) is 0 Å². The van der Waals surface area contributed by atoms with Gasteiger partial charge in [-0.05, 0) is 20.6 Å². The van der Waals surface area contributed by atoms with E-state index in [1.807, 2.05) is 0 Å². The highest BCUT2D eigenvalue weighted by Crippen LogP contribution is 2.19. The van der Waals surface area contributed by atoms with E-state index in [-0.39, 0.29) is 0 Å². The maximum Gasteiger partial charge on any atom is -0.0118 e. The van der Waals surface area contributed by atoms with Crippen LogP contribution in [0.2, 0.25) is 5.54 Å². The van der Waals surface area contributed by atoms with Gasteiger partial charge in [-0.15, -0.1) is 6.17 Å². The van der Waals surface area contributed by atoms with Crippen molar-refractivity contribution in [1.82, 2.24) is 0 Å². The number of hydrogen-bond acceptors (Lipinski definition) is 0. The molecule has 0 nitrogen and oxygen atoms in total. The molecule has 0 saturated heterocycles. The summed E-state index contributed by atoms with van der Waals surface area (Å²) in [6.45, 7) is 6.86. The lowest BCUT2D eigenvalue weighted by atomic mass is 10.1. The first-order valence-electron chi connectivity index (χ1n) is 3.84. The Morgan fingerprint density at radius 1 is 1.44 bits per heavy atom. The van der Waals surface area contributed by atoms with Crippen LogP contribution in [0.5, 0.6) is 0 Å². The van der Waals surface area contributed by atoms with E-state index in [0.29, 0.717) is 9.13 Å². The van der Waals surface area contributed by atoms with Gasteiger partial charge in [-0.3, -0.25) is 0 Å². The Bertz CT molecular complexity index is 76.6. The molecule has 54 valence electrons. The first-order valence-corrected chi connectivity index (χ1v) is 5.33. The van der Waals surface area contributed by atoms with Crippen molar-refractivity contribution in [2.24, 2.45) is 5.92 Å². The Kier molecular flexibility index (Phi) is 4.97. The highest BCUT2D eigenvalue weighted by molar-refractivity contribution is 6.42. The van der Waals surface area contributed by atoms with E-state index < -0.39 is 0 Å². The maximum absolute atomic E-state index is 4.01. The predicted molar refractivity (Wildman–Crippen MR) is 47.8 cm³/mol. The summed E-state index contributed by atoms with van der Waals surface area (Å²) in [5.41, 5.74) is 0.940. The maximum atomic E-state index is 4.01. The van der Waals surface area contributed by atoms with E-state index >= 15 is 0 Å². The lowest BCUT2D eigenvalue weighted by Crippen LogP contribution is -2.03. The second-order valence-electron chi connectivity index (χ2n) is 2.93. The molecular weight excluding hydrogens is 124 g/mol. The highest BCUT2D eigenvalue weighted by Gasteiger charge is 2.06. The molecule has 1 unspecified atom stereocenters. The summed E-state index contributed by atoms with van der Waals surface area (Å²) >= 11 is 0. The van der Waals surface area contributed by atoms with Crippen LogP contribution in [0.25, 0.3) is 0 Å². The summed E-state index contributed by atoms with van der Waals surface area (Å²) < 4.78 is 0. The molecule has 0 spiro atoms. The Balaban J connectivity index is 3.54. The van der Waals surface area contributed by atoms with Crippen molar-refractivity contribution in [2.75, 3.05) is 0 Å². The van der Waals surface area contributed by atoms with E-state index in [0.717, 1.165) is 11.5 Å². The van der Waals surface area contributed by atoms with Gasteiger partial charge in [0.15, 0.2) is 0 Å². The second kappa shape index (κ2) is 4.92. The Morgan fingerprint density at radius 3 is 2.11 bits per heavy atom. The molecular formula is C8H18Si. The van der Waals surface area contributed by atoms with E-state index in [1.54, 1.807) is 0 Å². The zero-order chi connectivity index (χ0) is 7.28. The fourth-order valence-corrected chi connectivity index (χ4v) is 2.17. The third kappa shape index (κ3) is 3.63. The summed E-state index contributed by atoms with van der Waals surface area (Å²) in [7, 11) is 0.453. The van der Waals surface area contributed by atoms with Crippen molar-refractivity contribution < 1.29 is 0 Å². The summed E-state index contributed by atoms with van der Waals surface area (Å²) in [6.07, 6.45) is 6.72. The van der Waals surface area contributed by atoms with Gasteiger partial charge in [0.05, 0.1) is 0 Å². The number of hydrogen-bond donors (Lipinski definition) is 0. The molecule has 9 heavy (non-hydrogen) atoms. The molecule has 0 rings (SSSR count). The zero-order valence-corrected chi connectivity index (χ0v) is 8.01. The third-order valence-corrected chi connectivity index (χ3v) is 3.49. The minimum atomic E-state index is 0.453. The molecule has 0 amide bonds. The molecule has 0 fully saturated rings. The quantitative estimate of drug-likeness (QED) is 0.527. The largest absolute Gasteiger partial charge is 0.121 e. The van der Waals surface area contributed by atoms with Gasteiger partial charge in [-0.2, -0.15) is 0 Å². The van der Waals surface area contributed by atoms with Crippen LogP contribution in [0.15, 0.2) is 0 Å². The summed E-state index contributed by atoms with van der Waals surface area (Å²) in [5, 5.41) is 0. The molecule has 0 N–H and O–H groups in total. The van der Waals surface area contributed by atoms with Crippen LogP contribution in [0.3, 0.4) is 0 Å². The summed E-state index contributed by atoms with van der Waals surface area (Å²) in [4.78, 5) is 0. The van der Waals surface area contributed by atoms with Crippen LogP contribution in [-0.4, -0.2) is 15.3 Å². The molecule has 0 aliphatic rings. The SMILES string of the molecule is C=[SiH]C(CCC)C(C)C. The molecule has 0 aliphatic carbocycles. The van der Waals surface area contributed by atoms with Crippen molar-refractivity contribution in [3.05, 3.63) is 0 Å². The van der Waals surface area contributed by atoms with Gasteiger partial charge in [0.25, 0.3) is 0 Å². The van der Waals surface area contributed by atoms with Gasteiger partial charge in [-0.25, -0.2) is 0 Å². The Hall–Kier alpha value is 0.0869. The molecule has 0 saturated carbocycles. The van der Waals surface area contributed by atoms with Crippen molar-refractivity contribution in [3.8, 4) is 0 Å². The smallest absolute Gasteiger partial charge is 0.0118 e. The Labute approximate surface area is 61.1 Å². The molecule has 0 aromatic heterocycles. The average Bonchev–Trinajstić information content (AvgIpc) is 1.82. The van der Waals surface area contributed by atoms with Crippen molar-refractivity contribution >= 4 is 15.3 Å². The topological polar surface area (TPSA) is 0 Å². The van der Waals surface area contributed by atoms with Crippen LogP contribution in [0.4, 0.5) is 0 Å². The van der Waals surface area contributed by atoms with Gasteiger partial charge in [0, 0.05) is 0 Å². The highest BCUT2D eigenvalue weighted by atomic mass is 28.2. The van der Waals surface area contributed by atoms with Crippen LogP contribution in [0.1, 0.15) is 33.6 Å². The van der Waals surface area contributed by atoms with Gasteiger partial charge in [-0.1, -0.05) is 33.6 Å². The monoisotopic (exact) mass is 142 g/mol. The first-order chi connectivity index (χ1) is 4.22. The van der Waals surface area contributed by atoms with E-state index in [4.69, 9.17) is 0 Å². The Morgan fingerprint density at radius 2 is 2.00 bits per heavy atom. The van der Waals surface area contributed by atoms with Crippen LogP contribution in [0, 0.1) is 5.92 Å². The minimum absolute atomic E-state index is 0.453. The van der Waals surface area contributed by atoms with Crippen LogP contribution >= 0.6 is 0 Å². The van der Waals surface area contributed by atoms with E-state index in [2.05, 4.69) is 26.9 Å².